The van der Waals surface area contributed by atoms with Crippen LogP contribution in [0.25, 0.3) is 11.4 Å². The van der Waals surface area contributed by atoms with E-state index in [9.17, 15) is 22.4 Å². The number of benzene rings is 1. The largest absolute Gasteiger partial charge is 0.433 e. The molecule has 32 heavy (non-hydrogen) atoms. The number of rotatable bonds is 3. The predicted molar refractivity (Wildman–Crippen MR) is 109 cm³/mol. The molecule has 0 atom stereocenters. The molecule has 1 aliphatic heterocycles. The molecule has 0 radical (unpaired) electrons. The lowest BCUT2D eigenvalue weighted by atomic mass is 10.2. The minimum absolute atomic E-state index is 0.0410. The van der Waals surface area contributed by atoms with Gasteiger partial charge in [0.15, 0.2) is 11.5 Å². The van der Waals surface area contributed by atoms with Crippen LogP contribution in [-0.4, -0.2) is 51.9 Å². The van der Waals surface area contributed by atoms with Crippen LogP contribution in [-0.2, 0) is 6.18 Å². The number of halogens is 4. The molecule has 4 rings (SSSR count). The summed E-state index contributed by atoms with van der Waals surface area (Å²) in [6.07, 6.45) is -1.16. The van der Waals surface area contributed by atoms with Crippen molar-refractivity contribution in [1.82, 2.24) is 19.9 Å². The summed E-state index contributed by atoms with van der Waals surface area (Å²) in [4.78, 5) is 28.0. The van der Waals surface area contributed by atoms with Crippen molar-refractivity contribution in [1.29, 1.82) is 0 Å². The van der Waals surface area contributed by atoms with Crippen LogP contribution in [0.2, 0.25) is 0 Å². The lowest BCUT2D eigenvalue weighted by Crippen LogP contribution is -2.35. The molecule has 1 fully saturated rings. The maximum atomic E-state index is 13.5. The fraction of sp³-hybridized carbons (Fsp3) is 0.273. The monoisotopic (exact) mass is 445 g/mol. The molecule has 1 amide bonds. The number of pyridine rings is 1. The molecule has 0 saturated carbocycles. The van der Waals surface area contributed by atoms with Crippen molar-refractivity contribution in [3.05, 3.63) is 71.9 Å². The molecule has 1 aromatic carbocycles. The first kappa shape index (κ1) is 21.7. The standard InChI is InChI=1S/C22H19F4N5O/c23-17-4-2-16(3-5-17)21(32)31-11-1-10-30(12-13-31)19-14-18(22(24,25)26)28-20(29-19)15-6-8-27-9-7-15/h2-9,14H,1,10-13H2. The molecular weight excluding hydrogens is 426 g/mol. The Balaban J connectivity index is 1.58. The molecule has 0 unspecified atom stereocenters. The molecular formula is C22H19F4N5O. The van der Waals surface area contributed by atoms with Crippen LogP contribution in [0.4, 0.5) is 23.4 Å². The number of hydrogen-bond donors (Lipinski definition) is 0. The Labute approximate surface area is 181 Å². The maximum absolute atomic E-state index is 13.5. The third-order valence-electron chi connectivity index (χ3n) is 5.14. The third kappa shape index (κ3) is 4.84. The Kier molecular flexibility index (Phi) is 6.02. The Morgan fingerprint density at radius 2 is 1.62 bits per heavy atom. The minimum Gasteiger partial charge on any atom is -0.355 e. The summed E-state index contributed by atoms with van der Waals surface area (Å²) in [5.41, 5.74) is -0.241. The molecule has 0 aliphatic carbocycles. The summed E-state index contributed by atoms with van der Waals surface area (Å²) in [5, 5.41) is 0. The van der Waals surface area contributed by atoms with Gasteiger partial charge in [0.2, 0.25) is 0 Å². The minimum atomic E-state index is -4.63. The number of amides is 1. The highest BCUT2D eigenvalue weighted by atomic mass is 19.4. The first-order valence-electron chi connectivity index (χ1n) is 9.98. The van der Waals surface area contributed by atoms with Crippen molar-refractivity contribution in [3.8, 4) is 11.4 Å². The lowest BCUT2D eigenvalue weighted by molar-refractivity contribution is -0.141. The van der Waals surface area contributed by atoms with Gasteiger partial charge in [-0.3, -0.25) is 9.78 Å². The van der Waals surface area contributed by atoms with Crippen molar-refractivity contribution in [2.24, 2.45) is 0 Å². The Morgan fingerprint density at radius 3 is 2.31 bits per heavy atom. The lowest BCUT2D eigenvalue weighted by Gasteiger charge is -2.24. The highest BCUT2D eigenvalue weighted by Crippen LogP contribution is 2.32. The first-order chi connectivity index (χ1) is 15.3. The third-order valence-corrected chi connectivity index (χ3v) is 5.14. The van der Waals surface area contributed by atoms with Gasteiger partial charge >= 0.3 is 6.18 Å². The van der Waals surface area contributed by atoms with E-state index in [0.29, 0.717) is 43.7 Å². The zero-order chi connectivity index (χ0) is 22.7. The summed E-state index contributed by atoms with van der Waals surface area (Å²) in [5.74, 6) is -0.572. The summed E-state index contributed by atoms with van der Waals surface area (Å²) in [6, 6.07) is 9.30. The Morgan fingerprint density at radius 1 is 0.906 bits per heavy atom. The van der Waals surface area contributed by atoms with Crippen molar-refractivity contribution < 1.29 is 22.4 Å². The van der Waals surface area contributed by atoms with Gasteiger partial charge in [0, 0.05) is 55.8 Å². The first-order valence-corrected chi connectivity index (χ1v) is 9.98. The molecule has 6 nitrogen and oxygen atoms in total. The van der Waals surface area contributed by atoms with Crippen molar-refractivity contribution >= 4 is 11.7 Å². The van der Waals surface area contributed by atoms with E-state index >= 15 is 0 Å². The fourth-order valence-electron chi connectivity index (χ4n) is 3.50. The van der Waals surface area contributed by atoms with Gasteiger partial charge in [-0.05, 0) is 42.8 Å². The van der Waals surface area contributed by atoms with Crippen molar-refractivity contribution in [2.45, 2.75) is 12.6 Å². The second-order valence-electron chi connectivity index (χ2n) is 7.31. The molecule has 0 N–H and O–H groups in total. The van der Waals surface area contributed by atoms with E-state index in [0.717, 1.165) is 6.07 Å². The van der Waals surface area contributed by atoms with Gasteiger partial charge in [-0.1, -0.05) is 0 Å². The SMILES string of the molecule is O=C(c1ccc(F)cc1)N1CCCN(c2cc(C(F)(F)F)nc(-c3ccncc3)n2)CC1. The number of anilines is 1. The van der Waals surface area contributed by atoms with Gasteiger partial charge in [0.05, 0.1) is 0 Å². The molecule has 3 aromatic rings. The van der Waals surface area contributed by atoms with Crippen LogP contribution in [0.1, 0.15) is 22.5 Å². The van der Waals surface area contributed by atoms with Gasteiger partial charge in [-0.2, -0.15) is 13.2 Å². The smallest absolute Gasteiger partial charge is 0.355 e. The van der Waals surface area contributed by atoms with E-state index in [2.05, 4.69) is 15.0 Å². The average molecular weight is 445 g/mol. The van der Waals surface area contributed by atoms with Crippen molar-refractivity contribution in [3.63, 3.8) is 0 Å². The van der Waals surface area contributed by atoms with Gasteiger partial charge in [-0.25, -0.2) is 14.4 Å². The normalized spacial score (nSPS) is 14.9. The predicted octanol–water partition coefficient (Wildman–Crippen LogP) is 4.05. The van der Waals surface area contributed by atoms with Crippen molar-refractivity contribution in [2.75, 3.05) is 31.1 Å². The molecule has 10 heteroatoms. The average Bonchev–Trinajstić information content (AvgIpc) is 3.05. The van der Waals surface area contributed by atoms with E-state index in [1.54, 1.807) is 21.9 Å². The zero-order valence-corrected chi connectivity index (χ0v) is 16.9. The van der Waals surface area contributed by atoms with Crippen LogP contribution >= 0.6 is 0 Å². The van der Waals surface area contributed by atoms with Gasteiger partial charge < -0.3 is 9.80 Å². The second kappa shape index (κ2) is 8.89. The van der Waals surface area contributed by atoms with E-state index in [1.165, 1.54) is 36.7 Å². The molecule has 166 valence electrons. The number of carbonyl (C=O) groups is 1. The Bertz CT molecular complexity index is 1090. The highest BCUT2D eigenvalue weighted by molar-refractivity contribution is 5.94. The summed E-state index contributed by atoms with van der Waals surface area (Å²) >= 11 is 0. The molecule has 3 heterocycles. The fourth-order valence-corrected chi connectivity index (χ4v) is 3.50. The van der Waals surface area contributed by atoms with Crippen LogP contribution in [0.5, 0.6) is 0 Å². The molecule has 0 spiro atoms. The van der Waals surface area contributed by atoms with Crippen LogP contribution in [0.3, 0.4) is 0 Å². The van der Waals surface area contributed by atoms with Crippen LogP contribution in [0, 0.1) is 5.82 Å². The second-order valence-corrected chi connectivity index (χ2v) is 7.31. The van der Waals surface area contributed by atoms with E-state index in [1.807, 2.05) is 0 Å². The molecule has 1 saturated heterocycles. The number of carbonyl (C=O) groups excluding carboxylic acids is 1. The van der Waals surface area contributed by atoms with Gasteiger partial charge in [0.25, 0.3) is 5.91 Å². The highest BCUT2D eigenvalue weighted by Gasteiger charge is 2.34. The van der Waals surface area contributed by atoms with Crippen LogP contribution in [0.15, 0.2) is 54.9 Å². The number of hydrogen-bond acceptors (Lipinski definition) is 5. The zero-order valence-electron chi connectivity index (χ0n) is 16.9. The topological polar surface area (TPSA) is 62.2 Å². The van der Waals surface area contributed by atoms with E-state index < -0.39 is 17.7 Å². The number of nitrogens with zero attached hydrogens (tertiary/aromatic N) is 5. The van der Waals surface area contributed by atoms with Crippen LogP contribution < -0.4 is 4.90 Å². The molecule has 2 aromatic heterocycles. The molecule has 1 aliphatic rings. The Hall–Kier alpha value is -3.56. The van der Waals surface area contributed by atoms with Gasteiger partial charge in [0.1, 0.15) is 11.6 Å². The quantitative estimate of drug-likeness (QED) is 0.570. The van der Waals surface area contributed by atoms with E-state index in [-0.39, 0.29) is 17.5 Å². The number of aromatic nitrogens is 3. The maximum Gasteiger partial charge on any atom is 0.433 e. The van der Waals surface area contributed by atoms with Gasteiger partial charge in [-0.15, -0.1) is 0 Å². The summed E-state index contributed by atoms with van der Waals surface area (Å²) < 4.78 is 53.6. The molecule has 0 bridgehead atoms. The summed E-state index contributed by atoms with van der Waals surface area (Å²) in [6.45, 7) is 1.46. The van der Waals surface area contributed by atoms with E-state index in [4.69, 9.17) is 0 Å². The summed E-state index contributed by atoms with van der Waals surface area (Å²) in [7, 11) is 0. The number of alkyl halides is 3.